The minimum absolute atomic E-state index is 0.412. The Bertz CT molecular complexity index is 1330. The molecule has 0 saturated carbocycles. The first kappa shape index (κ1) is 28.2. The average Bonchev–Trinajstić information content (AvgIpc) is 3.01. The molecule has 0 atom stereocenters. The Labute approximate surface area is 248 Å². The number of rotatable bonds is 9. The van der Waals surface area contributed by atoms with Crippen LogP contribution in [0.15, 0.2) is 48.5 Å². The van der Waals surface area contributed by atoms with E-state index in [1.165, 1.54) is 19.3 Å². The molecule has 218 valence electrons. The van der Waals surface area contributed by atoms with Gasteiger partial charge in [0.05, 0.1) is 11.6 Å². The van der Waals surface area contributed by atoms with Crippen molar-refractivity contribution in [2.24, 2.45) is 5.92 Å². The first-order valence-electron chi connectivity index (χ1n) is 15.0. The highest BCUT2D eigenvalue weighted by atomic mass is 35.5. The molecule has 3 aliphatic heterocycles. The summed E-state index contributed by atoms with van der Waals surface area (Å²) in [7, 11) is 0. The van der Waals surface area contributed by atoms with Gasteiger partial charge in [-0.25, -0.2) is 0 Å². The summed E-state index contributed by atoms with van der Waals surface area (Å²) >= 11 is 6.83. The molecular formula is C34H40ClNO5. The van der Waals surface area contributed by atoms with Crippen LogP contribution >= 0.6 is 11.6 Å². The fourth-order valence-corrected chi connectivity index (χ4v) is 6.18. The highest BCUT2D eigenvalue weighted by Crippen LogP contribution is 2.38. The Morgan fingerprint density at radius 3 is 2.46 bits per heavy atom. The van der Waals surface area contributed by atoms with Crippen LogP contribution in [0.5, 0.6) is 23.0 Å². The molecule has 3 heterocycles. The summed E-state index contributed by atoms with van der Waals surface area (Å²) in [6, 6.07) is 16.5. The number of ether oxygens (including phenoxy) is 5. The van der Waals surface area contributed by atoms with E-state index in [1.54, 1.807) is 0 Å². The molecule has 0 N–H and O–H groups in total. The van der Waals surface area contributed by atoms with Crippen LogP contribution in [0.4, 0.5) is 0 Å². The molecule has 3 aromatic carbocycles. The second kappa shape index (κ2) is 13.4. The molecule has 0 amide bonds. The van der Waals surface area contributed by atoms with Crippen LogP contribution in [0.2, 0.25) is 5.02 Å². The first-order chi connectivity index (χ1) is 20.1. The van der Waals surface area contributed by atoms with Crippen molar-refractivity contribution in [3.8, 4) is 34.1 Å². The molecule has 41 heavy (non-hydrogen) atoms. The summed E-state index contributed by atoms with van der Waals surface area (Å²) in [6.45, 7) is 9.11. The molecule has 7 heteroatoms. The number of hydrogen-bond donors (Lipinski definition) is 0. The predicted molar refractivity (Wildman–Crippen MR) is 162 cm³/mol. The van der Waals surface area contributed by atoms with Crippen molar-refractivity contribution in [2.75, 3.05) is 46.1 Å². The van der Waals surface area contributed by atoms with Gasteiger partial charge in [-0.2, -0.15) is 0 Å². The van der Waals surface area contributed by atoms with Gasteiger partial charge in [0.25, 0.3) is 0 Å². The molecule has 0 radical (unpaired) electrons. The third-order valence-corrected chi connectivity index (χ3v) is 8.75. The maximum Gasteiger partial charge on any atom is 0.161 e. The normalized spacial score (nSPS) is 17.8. The molecule has 2 saturated heterocycles. The Kier molecular flexibility index (Phi) is 9.19. The Morgan fingerprint density at radius 1 is 0.829 bits per heavy atom. The first-order valence-corrected chi connectivity index (χ1v) is 15.4. The minimum Gasteiger partial charge on any atom is -0.493 e. The largest absolute Gasteiger partial charge is 0.493 e. The lowest BCUT2D eigenvalue weighted by molar-refractivity contribution is 0.0494. The number of hydrogen-bond acceptors (Lipinski definition) is 6. The monoisotopic (exact) mass is 577 g/mol. The van der Waals surface area contributed by atoms with E-state index in [0.29, 0.717) is 43.1 Å². The van der Waals surface area contributed by atoms with E-state index in [-0.39, 0.29) is 0 Å². The van der Waals surface area contributed by atoms with Gasteiger partial charge in [0.2, 0.25) is 0 Å². The lowest BCUT2D eigenvalue weighted by atomic mass is 9.96. The van der Waals surface area contributed by atoms with E-state index in [0.717, 1.165) is 90.8 Å². The van der Waals surface area contributed by atoms with E-state index in [4.69, 9.17) is 35.3 Å². The van der Waals surface area contributed by atoms with Crippen LogP contribution in [0.3, 0.4) is 0 Å². The molecular weight excluding hydrogens is 538 g/mol. The van der Waals surface area contributed by atoms with Crippen molar-refractivity contribution in [3.63, 3.8) is 0 Å². The third kappa shape index (κ3) is 6.94. The second-order valence-corrected chi connectivity index (χ2v) is 11.7. The summed E-state index contributed by atoms with van der Waals surface area (Å²) in [5.41, 5.74) is 5.64. The van der Waals surface area contributed by atoms with E-state index in [9.17, 15) is 0 Å². The van der Waals surface area contributed by atoms with E-state index in [2.05, 4.69) is 42.2 Å². The summed E-state index contributed by atoms with van der Waals surface area (Å²) in [4.78, 5) is 2.50. The van der Waals surface area contributed by atoms with Crippen LogP contribution in [0, 0.1) is 12.8 Å². The molecule has 0 spiro atoms. The lowest BCUT2D eigenvalue weighted by Gasteiger charge is -2.28. The van der Waals surface area contributed by atoms with Crippen LogP contribution in [-0.2, 0) is 17.9 Å². The average molecular weight is 578 g/mol. The summed E-state index contributed by atoms with van der Waals surface area (Å²) in [5, 5.41) is 0.621. The van der Waals surface area contributed by atoms with Gasteiger partial charge in [-0.15, -0.1) is 0 Å². The number of halogens is 1. The Balaban J connectivity index is 1.20. The minimum atomic E-state index is 0.412. The molecule has 2 fully saturated rings. The molecule has 6 rings (SSSR count). The smallest absolute Gasteiger partial charge is 0.161 e. The predicted octanol–water partition coefficient (Wildman–Crippen LogP) is 7.46. The maximum atomic E-state index is 6.83. The second-order valence-electron chi connectivity index (χ2n) is 11.3. The number of fused-ring (bicyclic) bond motifs is 1. The highest BCUT2D eigenvalue weighted by molar-refractivity contribution is 6.32. The SMILES string of the molecule is Cc1c(COc2cc(OCC3CCOCC3)c(CN3CCCCC3)cc2Cl)cccc1-c1ccc2c(c1)OCCO2. The van der Waals surface area contributed by atoms with E-state index >= 15 is 0 Å². The van der Waals surface area contributed by atoms with Crippen LogP contribution < -0.4 is 18.9 Å². The van der Waals surface area contributed by atoms with Crippen molar-refractivity contribution in [1.82, 2.24) is 4.90 Å². The van der Waals surface area contributed by atoms with Gasteiger partial charge in [0.1, 0.15) is 31.3 Å². The Morgan fingerprint density at radius 2 is 1.63 bits per heavy atom. The fraction of sp³-hybridized carbons (Fsp3) is 0.471. The van der Waals surface area contributed by atoms with E-state index < -0.39 is 0 Å². The topological polar surface area (TPSA) is 49.4 Å². The zero-order valence-electron chi connectivity index (χ0n) is 24.0. The Hall–Kier alpha value is -2.93. The standard InChI is InChI=1S/C34H40ClNO5/c1-24-27(6-5-7-29(24)26-8-9-31-34(19-26)39-17-16-38-31)23-41-33-20-32(40-22-25-10-14-37-15-11-25)28(18-30(33)35)21-36-12-3-2-4-13-36/h5-9,18-20,25H,2-4,10-17,21-23H2,1H3. The quantitative estimate of drug-likeness (QED) is 0.263. The van der Waals surface area contributed by atoms with Gasteiger partial charge >= 0.3 is 0 Å². The molecule has 6 nitrogen and oxygen atoms in total. The van der Waals surface area contributed by atoms with Gasteiger partial charge in [0, 0.05) is 31.4 Å². The van der Waals surface area contributed by atoms with Crippen molar-refractivity contribution >= 4 is 11.6 Å². The van der Waals surface area contributed by atoms with Gasteiger partial charge in [-0.05, 0) is 92.1 Å². The molecule has 0 aromatic heterocycles. The maximum absolute atomic E-state index is 6.83. The number of piperidine rings is 1. The van der Waals surface area contributed by atoms with Crippen LogP contribution in [0.1, 0.15) is 48.8 Å². The number of likely N-dealkylation sites (tertiary alicyclic amines) is 1. The van der Waals surface area contributed by atoms with Crippen molar-refractivity contribution < 1.29 is 23.7 Å². The number of benzene rings is 3. The van der Waals surface area contributed by atoms with Crippen LogP contribution in [0.25, 0.3) is 11.1 Å². The zero-order valence-corrected chi connectivity index (χ0v) is 24.7. The molecule has 3 aliphatic rings. The van der Waals surface area contributed by atoms with Gasteiger partial charge in [-0.3, -0.25) is 4.90 Å². The van der Waals surface area contributed by atoms with Gasteiger partial charge in [-0.1, -0.05) is 42.3 Å². The molecule has 0 bridgehead atoms. The third-order valence-electron chi connectivity index (χ3n) is 8.46. The molecule has 3 aromatic rings. The van der Waals surface area contributed by atoms with Gasteiger partial charge in [0.15, 0.2) is 11.5 Å². The zero-order chi connectivity index (χ0) is 28.0. The highest BCUT2D eigenvalue weighted by Gasteiger charge is 2.20. The van der Waals surface area contributed by atoms with Crippen molar-refractivity contribution in [3.05, 3.63) is 70.2 Å². The molecule has 0 unspecified atom stereocenters. The summed E-state index contributed by atoms with van der Waals surface area (Å²) < 4.78 is 29.9. The van der Waals surface area contributed by atoms with E-state index in [1.807, 2.05) is 18.2 Å². The van der Waals surface area contributed by atoms with Gasteiger partial charge < -0.3 is 23.7 Å². The fourth-order valence-electron chi connectivity index (χ4n) is 5.94. The molecule has 0 aliphatic carbocycles. The summed E-state index contributed by atoms with van der Waals surface area (Å²) in [6.07, 6.45) is 5.89. The number of nitrogens with zero attached hydrogens (tertiary/aromatic N) is 1. The van der Waals surface area contributed by atoms with Crippen molar-refractivity contribution in [2.45, 2.75) is 52.2 Å². The summed E-state index contributed by atoms with van der Waals surface area (Å²) in [5.74, 6) is 3.63. The van der Waals surface area contributed by atoms with Crippen LogP contribution in [-0.4, -0.2) is 51.0 Å². The van der Waals surface area contributed by atoms with Crippen molar-refractivity contribution in [1.29, 1.82) is 0 Å². The lowest BCUT2D eigenvalue weighted by Crippen LogP contribution is -2.29.